The summed E-state index contributed by atoms with van der Waals surface area (Å²) in [4.78, 5) is 24.1. The Balaban J connectivity index is 2.01. The molecule has 0 aromatic carbocycles. The summed E-state index contributed by atoms with van der Waals surface area (Å²) < 4.78 is 39.3. The number of hydrogen-bond donors (Lipinski definition) is 1. The monoisotopic (exact) mass is 310 g/mol. The van der Waals surface area contributed by atoms with Crippen molar-refractivity contribution in [2.24, 2.45) is 0 Å². The van der Waals surface area contributed by atoms with Crippen LogP contribution in [0.2, 0.25) is 0 Å². The van der Waals surface area contributed by atoms with E-state index in [-0.39, 0.29) is 17.9 Å². The first-order valence-electron chi connectivity index (χ1n) is 6.72. The third-order valence-electron chi connectivity index (χ3n) is 3.58. The summed E-state index contributed by atoms with van der Waals surface area (Å²) in [6.45, 7) is 2.08. The van der Waals surface area contributed by atoms with Crippen LogP contribution in [0.4, 0.5) is 19.0 Å². The van der Waals surface area contributed by atoms with Gasteiger partial charge < -0.3 is 9.88 Å². The molecule has 3 heterocycles. The highest BCUT2D eigenvalue weighted by Crippen LogP contribution is 2.36. The molecule has 1 N–H and O–H groups in total. The van der Waals surface area contributed by atoms with Gasteiger partial charge in [-0.05, 0) is 19.1 Å². The van der Waals surface area contributed by atoms with Crippen molar-refractivity contribution in [3.05, 3.63) is 51.3 Å². The van der Waals surface area contributed by atoms with E-state index in [4.69, 9.17) is 0 Å². The van der Waals surface area contributed by atoms with Crippen LogP contribution in [-0.4, -0.2) is 21.5 Å². The first-order valence-corrected chi connectivity index (χ1v) is 6.72. The van der Waals surface area contributed by atoms with Gasteiger partial charge in [0.1, 0.15) is 11.6 Å². The average Bonchev–Trinajstić information content (AvgIpc) is 2.46. The van der Waals surface area contributed by atoms with Gasteiger partial charge in [-0.25, -0.2) is 9.97 Å². The van der Waals surface area contributed by atoms with Crippen LogP contribution in [0.1, 0.15) is 22.6 Å². The summed E-state index contributed by atoms with van der Waals surface area (Å²) in [7, 11) is 0. The van der Waals surface area contributed by atoms with Gasteiger partial charge in [0.2, 0.25) is 0 Å². The molecular weight excluding hydrogens is 297 g/mol. The Morgan fingerprint density at radius 1 is 1.36 bits per heavy atom. The van der Waals surface area contributed by atoms with Gasteiger partial charge in [0, 0.05) is 19.2 Å². The first kappa shape index (κ1) is 14.6. The van der Waals surface area contributed by atoms with Crippen molar-refractivity contribution in [3.63, 3.8) is 0 Å². The average molecular weight is 310 g/mol. The Morgan fingerprint density at radius 2 is 2.14 bits per heavy atom. The standard InChI is InChI=1S/C14H13F3N4O/c1-8-19-11-4-6-21(7-9(11)13(22)20-8)12-10(14(15,16)17)3-2-5-18-12/h2-3,5H,4,6-7H2,1H3,(H,19,20,22). The van der Waals surface area contributed by atoms with E-state index in [1.54, 1.807) is 6.92 Å². The van der Waals surface area contributed by atoms with Gasteiger partial charge in [0.05, 0.1) is 23.4 Å². The van der Waals surface area contributed by atoms with E-state index >= 15 is 0 Å². The second-order valence-corrected chi connectivity index (χ2v) is 5.12. The van der Waals surface area contributed by atoms with Gasteiger partial charge in [-0.15, -0.1) is 0 Å². The Kier molecular flexibility index (Phi) is 3.38. The molecule has 0 aliphatic carbocycles. The van der Waals surface area contributed by atoms with Gasteiger partial charge in [0.15, 0.2) is 0 Å². The zero-order valence-electron chi connectivity index (χ0n) is 11.7. The number of rotatable bonds is 1. The lowest BCUT2D eigenvalue weighted by Gasteiger charge is -2.30. The highest BCUT2D eigenvalue weighted by atomic mass is 19.4. The van der Waals surface area contributed by atoms with E-state index in [1.165, 1.54) is 17.2 Å². The number of halogens is 3. The lowest BCUT2D eigenvalue weighted by Crippen LogP contribution is -2.37. The van der Waals surface area contributed by atoms with Crippen LogP contribution in [0.15, 0.2) is 23.1 Å². The smallest absolute Gasteiger partial charge is 0.351 e. The van der Waals surface area contributed by atoms with Crippen molar-refractivity contribution in [2.45, 2.75) is 26.1 Å². The molecule has 0 fully saturated rings. The Hall–Kier alpha value is -2.38. The summed E-state index contributed by atoms with van der Waals surface area (Å²) in [5, 5.41) is 0. The van der Waals surface area contributed by atoms with Crippen molar-refractivity contribution < 1.29 is 13.2 Å². The number of anilines is 1. The molecule has 0 radical (unpaired) electrons. The maximum atomic E-state index is 13.1. The Labute approximate surface area is 123 Å². The van der Waals surface area contributed by atoms with Crippen LogP contribution in [0.25, 0.3) is 0 Å². The van der Waals surface area contributed by atoms with Crippen LogP contribution >= 0.6 is 0 Å². The first-order chi connectivity index (χ1) is 10.4. The maximum Gasteiger partial charge on any atom is 0.419 e. The largest absolute Gasteiger partial charge is 0.419 e. The normalized spacial score (nSPS) is 14.8. The Bertz CT molecular complexity index is 769. The van der Waals surface area contributed by atoms with Crippen LogP contribution in [0, 0.1) is 6.92 Å². The van der Waals surface area contributed by atoms with Crippen LogP contribution in [-0.2, 0) is 19.1 Å². The number of pyridine rings is 1. The number of aryl methyl sites for hydroxylation is 1. The number of alkyl halides is 3. The number of aromatic nitrogens is 3. The summed E-state index contributed by atoms with van der Waals surface area (Å²) >= 11 is 0. The van der Waals surface area contributed by atoms with E-state index in [2.05, 4.69) is 15.0 Å². The second kappa shape index (κ2) is 5.11. The molecular formula is C14H13F3N4O. The summed E-state index contributed by atoms with van der Waals surface area (Å²) in [6, 6.07) is 2.25. The van der Waals surface area contributed by atoms with Gasteiger partial charge in [-0.3, -0.25) is 4.79 Å². The molecule has 0 bridgehead atoms. The molecule has 0 atom stereocenters. The molecule has 0 amide bonds. The molecule has 22 heavy (non-hydrogen) atoms. The molecule has 0 saturated heterocycles. The predicted octanol–water partition coefficient (Wildman–Crippen LogP) is 2.05. The predicted molar refractivity (Wildman–Crippen MR) is 73.6 cm³/mol. The zero-order chi connectivity index (χ0) is 15.9. The van der Waals surface area contributed by atoms with Crippen molar-refractivity contribution >= 4 is 5.82 Å². The summed E-state index contributed by atoms with van der Waals surface area (Å²) in [5.74, 6) is 0.353. The topological polar surface area (TPSA) is 61.9 Å². The number of H-pyrrole nitrogens is 1. The molecule has 5 nitrogen and oxygen atoms in total. The molecule has 0 saturated carbocycles. The number of aromatic amines is 1. The molecule has 3 rings (SSSR count). The van der Waals surface area contributed by atoms with Crippen LogP contribution < -0.4 is 10.5 Å². The van der Waals surface area contributed by atoms with Crippen molar-refractivity contribution in [2.75, 3.05) is 11.4 Å². The summed E-state index contributed by atoms with van der Waals surface area (Å²) in [5.41, 5.74) is -0.0655. The van der Waals surface area contributed by atoms with E-state index in [1.807, 2.05) is 0 Å². The van der Waals surface area contributed by atoms with Crippen molar-refractivity contribution in [3.8, 4) is 0 Å². The zero-order valence-corrected chi connectivity index (χ0v) is 11.7. The number of nitrogens with one attached hydrogen (secondary N) is 1. The minimum atomic E-state index is -4.48. The fraction of sp³-hybridized carbons (Fsp3) is 0.357. The van der Waals surface area contributed by atoms with E-state index in [0.29, 0.717) is 30.0 Å². The molecule has 0 unspecified atom stereocenters. The van der Waals surface area contributed by atoms with E-state index in [9.17, 15) is 18.0 Å². The van der Waals surface area contributed by atoms with Crippen molar-refractivity contribution in [1.82, 2.24) is 15.0 Å². The fourth-order valence-electron chi connectivity index (χ4n) is 2.60. The van der Waals surface area contributed by atoms with Gasteiger partial charge in [0.25, 0.3) is 5.56 Å². The number of fused-ring (bicyclic) bond motifs is 1. The second-order valence-electron chi connectivity index (χ2n) is 5.12. The maximum absolute atomic E-state index is 13.1. The SMILES string of the molecule is Cc1nc2c(c(=O)[nH]1)CN(c1ncccc1C(F)(F)F)CC2. The lowest BCUT2D eigenvalue weighted by atomic mass is 10.1. The van der Waals surface area contributed by atoms with Gasteiger partial charge >= 0.3 is 6.18 Å². The number of hydrogen-bond acceptors (Lipinski definition) is 4. The third kappa shape index (κ3) is 2.56. The minimum Gasteiger partial charge on any atom is -0.351 e. The van der Waals surface area contributed by atoms with Gasteiger partial charge in [-0.2, -0.15) is 13.2 Å². The molecule has 1 aliphatic heterocycles. The lowest BCUT2D eigenvalue weighted by molar-refractivity contribution is -0.137. The number of nitrogens with zero attached hydrogens (tertiary/aromatic N) is 3. The molecule has 2 aromatic heterocycles. The minimum absolute atomic E-state index is 0.0675. The third-order valence-corrected chi connectivity index (χ3v) is 3.58. The fourth-order valence-corrected chi connectivity index (χ4v) is 2.60. The molecule has 2 aromatic rings. The molecule has 0 spiro atoms. The molecule has 1 aliphatic rings. The Morgan fingerprint density at radius 3 is 2.86 bits per heavy atom. The van der Waals surface area contributed by atoms with E-state index < -0.39 is 11.7 Å². The van der Waals surface area contributed by atoms with Gasteiger partial charge in [-0.1, -0.05) is 0 Å². The molecule has 116 valence electrons. The van der Waals surface area contributed by atoms with Crippen LogP contribution in [0.5, 0.6) is 0 Å². The summed E-state index contributed by atoms with van der Waals surface area (Å²) in [6.07, 6.45) is -2.76. The quantitative estimate of drug-likeness (QED) is 0.876. The highest BCUT2D eigenvalue weighted by Gasteiger charge is 2.36. The van der Waals surface area contributed by atoms with E-state index in [0.717, 1.165) is 6.07 Å². The van der Waals surface area contributed by atoms with Crippen LogP contribution in [0.3, 0.4) is 0 Å². The molecule has 8 heteroatoms. The highest BCUT2D eigenvalue weighted by molar-refractivity contribution is 5.50. The van der Waals surface area contributed by atoms with Crippen molar-refractivity contribution in [1.29, 1.82) is 0 Å².